The second kappa shape index (κ2) is 9.08. The zero-order chi connectivity index (χ0) is 18.2. The average Bonchev–Trinajstić information content (AvgIpc) is 3.12. The number of carbonyl (C=O) groups is 1. The Morgan fingerprint density at radius 1 is 1.12 bits per heavy atom. The van der Waals surface area contributed by atoms with Crippen LogP contribution in [0.5, 0.6) is 0 Å². The largest absolute Gasteiger partial charge is 0.480 e. The van der Waals surface area contributed by atoms with Gasteiger partial charge in [0, 0.05) is 11.1 Å². The maximum atomic E-state index is 9.85. The lowest BCUT2D eigenvalue weighted by atomic mass is 10.0. The number of aliphatic carboxylic acids is 1. The van der Waals surface area contributed by atoms with E-state index in [4.69, 9.17) is 9.52 Å². The van der Waals surface area contributed by atoms with Gasteiger partial charge in [-0.2, -0.15) is 12.6 Å². The Labute approximate surface area is 153 Å². The monoisotopic (exact) mass is 355 g/mol. The van der Waals surface area contributed by atoms with Crippen LogP contribution in [0, 0.1) is 6.92 Å². The molecule has 0 aliphatic carbocycles. The van der Waals surface area contributed by atoms with Crippen LogP contribution in [0.25, 0.3) is 22.6 Å². The van der Waals surface area contributed by atoms with Crippen LogP contribution in [0.3, 0.4) is 0 Å². The van der Waals surface area contributed by atoms with E-state index in [-0.39, 0.29) is 0 Å². The zero-order valence-corrected chi connectivity index (χ0v) is 15.1. The van der Waals surface area contributed by atoms with Gasteiger partial charge in [-0.15, -0.1) is 0 Å². The van der Waals surface area contributed by atoms with Gasteiger partial charge in [0.25, 0.3) is 0 Å². The fourth-order valence-electron chi connectivity index (χ4n) is 2.13. The van der Waals surface area contributed by atoms with E-state index >= 15 is 0 Å². The standard InChI is InChI=1S/C16H13NO.C4H8O2S/c1-12-7-9-14(10-8-12)16-15(17-11-18-16)13-5-3-2-4-6-13;1-2-3(7)4(5)6/h2-11H,1H3;3,7H,2H2,1H3,(H,5,6). The lowest BCUT2D eigenvalue weighted by Gasteiger charge is -2.02. The summed E-state index contributed by atoms with van der Waals surface area (Å²) >= 11 is 3.73. The number of aromatic nitrogens is 1. The molecule has 0 saturated carbocycles. The van der Waals surface area contributed by atoms with E-state index in [9.17, 15) is 4.79 Å². The van der Waals surface area contributed by atoms with E-state index in [2.05, 4.69) is 48.8 Å². The minimum absolute atomic E-state index is 0.486. The number of hydrogen-bond acceptors (Lipinski definition) is 4. The van der Waals surface area contributed by atoms with Crippen LogP contribution in [0.4, 0.5) is 0 Å². The van der Waals surface area contributed by atoms with Gasteiger partial charge in [-0.1, -0.05) is 67.1 Å². The second-order valence-electron chi connectivity index (χ2n) is 5.52. The maximum absolute atomic E-state index is 9.85. The Kier molecular flexibility index (Phi) is 6.83. The smallest absolute Gasteiger partial charge is 0.316 e. The summed E-state index contributed by atoms with van der Waals surface area (Å²) in [6, 6.07) is 18.3. The zero-order valence-electron chi connectivity index (χ0n) is 14.2. The van der Waals surface area contributed by atoms with Gasteiger partial charge in [-0.05, 0) is 13.3 Å². The Morgan fingerprint density at radius 2 is 1.76 bits per heavy atom. The van der Waals surface area contributed by atoms with Crippen LogP contribution in [-0.2, 0) is 4.79 Å². The van der Waals surface area contributed by atoms with Crippen LogP contribution in [-0.4, -0.2) is 21.3 Å². The molecule has 0 aliphatic heterocycles. The highest BCUT2D eigenvalue weighted by atomic mass is 32.1. The lowest BCUT2D eigenvalue weighted by molar-refractivity contribution is -0.136. The Morgan fingerprint density at radius 3 is 2.28 bits per heavy atom. The Bertz CT molecular complexity index is 797. The molecular weight excluding hydrogens is 334 g/mol. The molecule has 0 saturated heterocycles. The molecule has 1 aromatic heterocycles. The van der Waals surface area contributed by atoms with Crippen molar-refractivity contribution in [2.24, 2.45) is 0 Å². The number of carboxylic acid groups (broad SMARTS) is 1. The van der Waals surface area contributed by atoms with E-state index in [0.717, 1.165) is 22.6 Å². The first-order valence-electron chi connectivity index (χ1n) is 7.99. The van der Waals surface area contributed by atoms with Crippen molar-refractivity contribution >= 4 is 18.6 Å². The quantitative estimate of drug-likeness (QED) is 0.639. The fraction of sp³-hybridized carbons (Fsp3) is 0.200. The molecule has 0 aliphatic rings. The third-order valence-electron chi connectivity index (χ3n) is 3.60. The highest BCUT2D eigenvalue weighted by molar-refractivity contribution is 7.81. The summed E-state index contributed by atoms with van der Waals surface area (Å²) in [7, 11) is 0. The molecule has 25 heavy (non-hydrogen) atoms. The van der Waals surface area contributed by atoms with Gasteiger partial charge in [0.2, 0.25) is 0 Å². The van der Waals surface area contributed by atoms with Crippen molar-refractivity contribution in [2.45, 2.75) is 25.5 Å². The number of carboxylic acids is 1. The predicted molar refractivity (Wildman–Crippen MR) is 103 cm³/mol. The molecule has 0 amide bonds. The summed E-state index contributed by atoms with van der Waals surface area (Å²) in [5.74, 6) is -0.0213. The van der Waals surface area contributed by atoms with Gasteiger partial charge in [-0.25, -0.2) is 4.98 Å². The average molecular weight is 355 g/mol. The van der Waals surface area contributed by atoms with Gasteiger partial charge in [0.05, 0.1) is 5.25 Å². The minimum atomic E-state index is -0.842. The van der Waals surface area contributed by atoms with Crippen molar-refractivity contribution in [3.63, 3.8) is 0 Å². The number of hydrogen-bond donors (Lipinski definition) is 2. The van der Waals surface area contributed by atoms with Gasteiger partial charge in [0.15, 0.2) is 12.2 Å². The van der Waals surface area contributed by atoms with Crippen molar-refractivity contribution in [3.05, 3.63) is 66.6 Å². The molecule has 1 unspecified atom stereocenters. The molecule has 0 spiro atoms. The van der Waals surface area contributed by atoms with E-state index in [1.54, 1.807) is 6.92 Å². The molecule has 3 aromatic rings. The molecule has 0 bridgehead atoms. The van der Waals surface area contributed by atoms with Crippen molar-refractivity contribution in [3.8, 4) is 22.6 Å². The van der Waals surface area contributed by atoms with Crippen LogP contribution < -0.4 is 0 Å². The summed E-state index contributed by atoms with van der Waals surface area (Å²) in [5, 5.41) is 7.62. The highest BCUT2D eigenvalue weighted by Gasteiger charge is 2.12. The van der Waals surface area contributed by atoms with Crippen LogP contribution in [0.15, 0.2) is 65.4 Å². The molecular formula is C20H21NO3S. The first kappa shape index (κ1) is 18.8. The van der Waals surface area contributed by atoms with E-state index in [1.165, 1.54) is 12.0 Å². The number of nitrogens with zero attached hydrogens (tertiary/aromatic N) is 1. The van der Waals surface area contributed by atoms with Gasteiger partial charge in [-0.3, -0.25) is 4.79 Å². The van der Waals surface area contributed by atoms with Gasteiger partial charge in [0.1, 0.15) is 5.69 Å². The van der Waals surface area contributed by atoms with E-state index in [0.29, 0.717) is 6.42 Å². The number of rotatable bonds is 4. The summed E-state index contributed by atoms with van der Waals surface area (Å²) in [6.07, 6.45) is 2.08. The summed E-state index contributed by atoms with van der Waals surface area (Å²) in [5.41, 5.74) is 4.25. The fourth-order valence-corrected chi connectivity index (χ4v) is 2.13. The molecule has 1 atom stereocenters. The topological polar surface area (TPSA) is 63.3 Å². The number of aryl methyl sites for hydroxylation is 1. The SMILES string of the molecule is CCC(S)C(=O)O.Cc1ccc(-c2ocnc2-c2ccccc2)cc1. The van der Waals surface area contributed by atoms with Crippen LogP contribution in [0.1, 0.15) is 18.9 Å². The van der Waals surface area contributed by atoms with Crippen molar-refractivity contribution in [2.75, 3.05) is 0 Å². The predicted octanol–water partition coefficient (Wildman–Crippen LogP) is 5.10. The van der Waals surface area contributed by atoms with Crippen molar-refractivity contribution in [1.82, 2.24) is 4.98 Å². The summed E-state index contributed by atoms with van der Waals surface area (Å²) < 4.78 is 5.53. The van der Waals surface area contributed by atoms with Crippen LogP contribution >= 0.6 is 12.6 Å². The van der Waals surface area contributed by atoms with E-state index < -0.39 is 11.2 Å². The molecule has 2 aromatic carbocycles. The summed E-state index contributed by atoms with van der Waals surface area (Å²) in [6.45, 7) is 3.86. The third-order valence-corrected chi connectivity index (χ3v) is 4.19. The number of oxazole rings is 1. The number of benzene rings is 2. The highest BCUT2D eigenvalue weighted by Crippen LogP contribution is 2.30. The first-order valence-corrected chi connectivity index (χ1v) is 8.51. The molecule has 5 heteroatoms. The molecule has 3 rings (SSSR count). The molecule has 1 N–H and O–H groups in total. The van der Waals surface area contributed by atoms with Gasteiger partial charge < -0.3 is 9.52 Å². The molecule has 0 radical (unpaired) electrons. The second-order valence-corrected chi connectivity index (χ2v) is 6.15. The third kappa shape index (κ3) is 5.22. The van der Waals surface area contributed by atoms with Crippen LogP contribution in [0.2, 0.25) is 0 Å². The maximum Gasteiger partial charge on any atom is 0.316 e. The Balaban J connectivity index is 0.000000277. The molecule has 130 valence electrons. The lowest BCUT2D eigenvalue weighted by Crippen LogP contribution is -2.10. The van der Waals surface area contributed by atoms with E-state index in [1.807, 2.05) is 30.3 Å². The molecule has 4 nitrogen and oxygen atoms in total. The van der Waals surface area contributed by atoms with Crippen molar-refractivity contribution in [1.29, 1.82) is 0 Å². The normalized spacial score (nSPS) is 11.3. The first-order chi connectivity index (χ1) is 12.0. The van der Waals surface area contributed by atoms with Gasteiger partial charge >= 0.3 is 5.97 Å². The number of thiol groups is 1. The molecule has 0 fully saturated rings. The summed E-state index contributed by atoms with van der Waals surface area (Å²) in [4.78, 5) is 14.2. The van der Waals surface area contributed by atoms with Crippen molar-refractivity contribution < 1.29 is 14.3 Å². The minimum Gasteiger partial charge on any atom is -0.480 e. The molecule has 1 heterocycles. The Hall–Kier alpha value is -2.53.